The summed E-state index contributed by atoms with van der Waals surface area (Å²) < 4.78 is 0. The zero-order valence-corrected chi connectivity index (χ0v) is 15.0. The Kier molecular flexibility index (Phi) is 4.51. The number of thiazole rings is 1. The number of fused-ring (bicyclic) bond motifs is 1. The SMILES string of the molecule is O=C(NN=Cc1nccs1)c1[nH]c2c(Cl)cccc2c1-c1ccccc1. The van der Waals surface area contributed by atoms with E-state index < -0.39 is 0 Å². The zero-order chi connectivity index (χ0) is 17.9. The van der Waals surface area contributed by atoms with Gasteiger partial charge in [0, 0.05) is 22.5 Å². The van der Waals surface area contributed by atoms with Crippen molar-refractivity contribution in [1.82, 2.24) is 15.4 Å². The van der Waals surface area contributed by atoms with Gasteiger partial charge in [-0.25, -0.2) is 10.4 Å². The van der Waals surface area contributed by atoms with Crippen LogP contribution in [0.5, 0.6) is 0 Å². The van der Waals surface area contributed by atoms with Gasteiger partial charge in [-0.15, -0.1) is 11.3 Å². The van der Waals surface area contributed by atoms with E-state index in [9.17, 15) is 4.79 Å². The molecule has 2 aromatic carbocycles. The molecule has 4 rings (SSSR count). The molecule has 0 atom stereocenters. The van der Waals surface area contributed by atoms with Crippen molar-refractivity contribution in [3.05, 3.63) is 75.8 Å². The molecule has 0 saturated carbocycles. The Bertz CT molecular complexity index is 1090. The Hall–Kier alpha value is -2.96. The van der Waals surface area contributed by atoms with E-state index in [2.05, 4.69) is 20.5 Å². The normalized spacial score (nSPS) is 11.3. The number of hydrogen-bond donors (Lipinski definition) is 2. The van der Waals surface area contributed by atoms with Crippen LogP contribution < -0.4 is 5.43 Å². The van der Waals surface area contributed by atoms with Crippen molar-refractivity contribution in [2.24, 2.45) is 5.10 Å². The largest absolute Gasteiger partial charge is 0.349 e. The van der Waals surface area contributed by atoms with Gasteiger partial charge in [0.15, 0.2) is 0 Å². The smallest absolute Gasteiger partial charge is 0.288 e. The summed E-state index contributed by atoms with van der Waals surface area (Å²) in [4.78, 5) is 20.0. The van der Waals surface area contributed by atoms with E-state index in [-0.39, 0.29) is 5.91 Å². The maximum absolute atomic E-state index is 12.7. The van der Waals surface area contributed by atoms with E-state index in [0.717, 1.165) is 22.0 Å². The van der Waals surface area contributed by atoms with Crippen LogP contribution in [0.2, 0.25) is 5.02 Å². The maximum atomic E-state index is 12.7. The average Bonchev–Trinajstić information content (AvgIpc) is 3.30. The molecule has 2 N–H and O–H groups in total. The van der Waals surface area contributed by atoms with Crippen LogP contribution in [0.1, 0.15) is 15.5 Å². The number of hydrogen-bond acceptors (Lipinski definition) is 4. The summed E-state index contributed by atoms with van der Waals surface area (Å²) in [5.41, 5.74) is 5.41. The molecule has 0 aliphatic rings. The van der Waals surface area contributed by atoms with Crippen molar-refractivity contribution in [2.75, 3.05) is 0 Å². The van der Waals surface area contributed by atoms with E-state index >= 15 is 0 Å². The molecule has 0 bridgehead atoms. The van der Waals surface area contributed by atoms with Crippen LogP contribution in [0.4, 0.5) is 0 Å². The number of hydrazone groups is 1. The van der Waals surface area contributed by atoms with Gasteiger partial charge in [0.05, 0.1) is 16.8 Å². The van der Waals surface area contributed by atoms with Gasteiger partial charge in [-0.2, -0.15) is 5.10 Å². The van der Waals surface area contributed by atoms with Crippen LogP contribution in [-0.4, -0.2) is 22.1 Å². The molecular weight excluding hydrogens is 368 g/mol. The summed E-state index contributed by atoms with van der Waals surface area (Å²) in [5, 5.41) is 7.99. The fraction of sp³-hybridized carbons (Fsp3) is 0. The Morgan fingerprint density at radius 2 is 2.04 bits per heavy atom. The van der Waals surface area contributed by atoms with Crippen LogP contribution in [0.3, 0.4) is 0 Å². The number of amides is 1. The predicted octanol–water partition coefficient (Wildman–Crippen LogP) is 4.71. The molecule has 0 saturated heterocycles. The minimum absolute atomic E-state index is 0.344. The number of benzene rings is 2. The van der Waals surface area contributed by atoms with Gasteiger partial charge in [-0.3, -0.25) is 4.79 Å². The molecule has 4 aromatic rings. The molecule has 0 spiro atoms. The summed E-state index contributed by atoms with van der Waals surface area (Å²) in [6, 6.07) is 15.3. The highest BCUT2D eigenvalue weighted by molar-refractivity contribution is 7.11. The number of nitrogens with zero attached hydrogens (tertiary/aromatic N) is 2. The van der Waals surface area contributed by atoms with E-state index in [4.69, 9.17) is 11.6 Å². The fourth-order valence-corrected chi connectivity index (χ4v) is 3.48. The lowest BCUT2D eigenvalue weighted by Gasteiger charge is -2.04. The molecule has 1 amide bonds. The Balaban J connectivity index is 1.76. The molecule has 128 valence electrons. The van der Waals surface area contributed by atoms with E-state index in [1.807, 2.05) is 47.8 Å². The van der Waals surface area contributed by atoms with Crippen LogP contribution >= 0.6 is 22.9 Å². The topological polar surface area (TPSA) is 70.1 Å². The first-order valence-electron chi connectivity index (χ1n) is 7.82. The van der Waals surface area contributed by atoms with Gasteiger partial charge >= 0.3 is 0 Å². The molecule has 2 aromatic heterocycles. The Morgan fingerprint density at radius 3 is 2.81 bits per heavy atom. The number of para-hydroxylation sites is 1. The van der Waals surface area contributed by atoms with Gasteiger partial charge in [0.1, 0.15) is 10.7 Å². The highest BCUT2D eigenvalue weighted by Crippen LogP contribution is 2.35. The van der Waals surface area contributed by atoms with Crippen LogP contribution in [0.15, 0.2) is 65.2 Å². The molecule has 5 nitrogen and oxygen atoms in total. The van der Waals surface area contributed by atoms with Gasteiger partial charge in [0.2, 0.25) is 0 Å². The first-order valence-corrected chi connectivity index (χ1v) is 9.08. The number of aromatic amines is 1. The third-order valence-corrected chi connectivity index (χ3v) is 4.89. The average molecular weight is 381 g/mol. The van der Waals surface area contributed by atoms with Crippen LogP contribution in [-0.2, 0) is 0 Å². The summed E-state index contributed by atoms with van der Waals surface area (Å²) in [6.45, 7) is 0. The van der Waals surface area contributed by atoms with Gasteiger partial charge < -0.3 is 4.98 Å². The van der Waals surface area contributed by atoms with Gasteiger partial charge in [0.25, 0.3) is 5.91 Å². The van der Waals surface area contributed by atoms with Crippen molar-refractivity contribution in [3.8, 4) is 11.1 Å². The predicted molar refractivity (Wildman–Crippen MR) is 106 cm³/mol. The third-order valence-electron chi connectivity index (χ3n) is 3.86. The molecule has 7 heteroatoms. The molecule has 0 radical (unpaired) electrons. The first-order chi connectivity index (χ1) is 12.7. The lowest BCUT2D eigenvalue weighted by Crippen LogP contribution is -2.18. The molecule has 0 fully saturated rings. The second-order valence-electron chi connectivity index (χ2n) is 5.47. The number of halogens is 1. The summed E-state index contributed by atoms with van der Waals surface area (Å²) in [6.07, 6.45) is 3.20. The minimum Gasteiger partial charge on any atom is -0.349 e. The number of carbonyl (C=O) groups is 1. The first kappa shape index (κ1) is 16.5. The molecule has 0 unspecified atom stereocenters. The Labute approximate surface area is 158 Å². The maximum Gasteiger partial charge on any atom is 0.288 e. The second-order valence-corrected chi connectivity index (χ2v) is 6.81. The van der Waals surface area contributed by atoms with Crippen molar-refractivity contribution in [2.45, 2.75) is 0 Å². The summed E-state index contributed by atoms with van der Waals surface area (Å²) >= 11 is 7.75. The second kappa shape index (κ2) is 7.11. The minimum atomic E-state index is -0.344. The Morgan fingerprint density at radius 1 is 1.19 bits per heavy atom. The molecular formula is C19H13ClN4OS. The van der Waals surface area contributed by atoms with E-state index in [1.165, 1.54) is 17.6 Å². The van der Waals surface area contributed by atoms with Crippen molar-refractivity contribution >= 4 is 46.0 Å². The van der Waals surface area contributed by atoms with E-state index in [1.54, 1.807) is 12.3 Å². The van der Waals surface area contributed by atoms with Crippen molar-refractivity contribution < 1.29 is 4.79 Å². The summed E-state index contributed by atoms with van der Waals surface area (Å²) in [7, 11) is 0. The third kappa shape index (κ3) is 3.12. The molecule has 0 aliphatic heterocycles. The monoisotopic (exact) mass is 380 g/mol. The van der Waals surface area contributed by atoms with Crippen molar-refractivity contribution in [3.63, 3.8) is 0 Å². The van der Waals surface area contributed by atoms with Crippen LogP contribution in [0, 0.1) is 0 Å². The van der Waals surface area contributed by atoms with Crippen LogP contribution in [0.25, 0.3) is 22.0 Å². The van der Waals surface area contributed by atoms with Gasteiger partial charge in [-0.1, -0.05) is 54.1 Å². The molecule has 2 heterocycles. The standard InChI is InChI=1S/C19H13ClN4OS/c20-14-8-4-7-13-16(12-5-2-1-3-6-12)18(23-17(13)14)19(25)24-22-11-15-21-9-10-26-15/h1-11,23H,(H,24,25). The molecule has 0 aliphatic carbocycles. The zero-order valence-electron chi connectivity index (χ0n) is 13.4. The lowest BCUT2D eigenvalue weighted by molar-refractivity contribution is 0.0951. The van der Waals surface area contributed by atoms with Crippen molar-refractivity contribution in [1.29, 1.82) is 0 Å². The number of rotatable bonds is 4. The number of carbonyl (C=O) groups excluding carboxylic acids is 1. The summed E-state index contributed by atoms with van der Waals surface area (Å²) in [5.74, 6) is -0.344. The number of nitrogens with one attached hydrogen (secondary N) is 2. The number of H-pyrrole nitrogens is 1. The number of aromatic nitrogens is 2. The van der Waals surface area contributed by atoms with Gasteiger partial charge in [-0.05, 0) is 11.6 Å². The highest BCUT2D eigenvalue weighted by Gasteiger charge is 2.20. The molecule has 26 heavy (non-hydrogen) atoms. The highest BCUT2D eigenvalue weighted by atomic mass is 35.5. The fourth-order valence-electron chi connectivity index (χ4n) is 2.76. The quantitative estimate of drug-likeness (QED) is 0.397. The van der Waals surface area contributed by atoms with E-state index in [0.29, 0.717) is 15.7 Å². The lowest BCUT2D eigenvalue weighted by atomic mass is 10.0.